The van der Waals surface area contributed by atoms with E-state index in [1.54, 1.807) is 0 Å². The minimum atomic E-state index is -0.684. The van der Waals surface area contributed by atoms with E-state index in [4.69, 9.17) is 5.11 Å². The van der Waals surface area contributed by atoms with E-state index in [0.717, 1.165) is 19.6 Å². The zero-order valence-electron chi connectivity index (χ0n) is 9.19. The molecule has 2 fully saturated rings. The Bertz CT molecular complexity index is 221. The summed E-state index contributed by atoms with van der Waals surface area (Å²) in [7, 11) is 0. The second-order valence-electron chi connectivity index (χ2n) is 4.65. The van der Waals surface area contributed by atoms with Gasteiger partial charge in [0, 0.05) is 25.7 Å². The van der Waals surface area contributed by atoms with Gasteiger partial charge in [-0.2, -0.15) is 0 Å². The van der Waals surface area contributed by atoms with E-state index in [0.29, 0.717) is 6.04 Å². The first-order chi connectivity index (χ1) is 7.25. The SMILES string of the molecule is O=C(O)CCN1CC(N2CCCCC2)C1. The van der Waals surface area contributed by atoms with Crippen molar-refractivity contribution in [2.75, 3.05) is 32.7 Å². The molecule has 2 saturated heterocycles. The molecule has 0 bridgehead atoms. The second-order valence-corrected chi connectivity index (χ2v) is 4.65. The van der Waals surface area contributed by atoms with Gasteiger partial charge in [-0.3, -0.25) is 14.6 Å². The largest absolute Gasteiger partial charge is 0.481 e. The van der Waals surface area contributed by atoms with Crippen LogP contribution in [-0.2, 0) is 4.79 Å². The van der Waals surface area contributed by atoms with Crippen LogP contribution in [0.15, 0.2) is 0 Å². The van der Waals surface area contributed by atoms with Gasteiger partial charge in [-0.05, 0) is 25.9 Å². The fourth-order valence-corrected chi connectivity index (χ4v) is 2.49. The van der Waals surface area contributed by atoms with E-state index in [1.807, 2.05) is 0 Å². The summed E-state index contributed by atoms with van der Waals surface area (Å²) in [5.74, 6) is -0.684. The molecular formula is C11H20N2O2. The van der Waals surface area contributed by atoms with Crippen LogP contribution in [0.2, 0.25) is 0 Å². The summed E-state index contributed by atoms with van der Waals surface area (Å²) in [6, 6.07) is 0.707. The summed E-state index contributed by atoms with van der Waals surface area (Å²) >= 11 is 0. The number of hydrogen-bond acceptors (Lipinski definition) is 3. The Labute approximate surface area is 90.9 Å². The lowest BCUT2D eigenvalue weighted by atomic mass is 10.0. The molecule has 2 aliphatic heterocycles. The Morgan fingerprint density at radius 1 is 1.20 bits per heavy atom. The number of hydrogen-bond donors (Lipinski definition) is 1. The van der Waals surface area contributed by atoms with Crippen molar-refractivity contribution in [3.8, 4) is 0 Å². The van der Waals surface area contributed by atoms with E-state index in [2.05, 4.69) is 9.80 Å². The Hall–Kier alpha value is -0.610. The summed E-state index contributed by atoms with van der Waals surface area (Å²) in [5, 5.41) is 8.56. The van der Waals surface area contributed by atoms with Crippen molar-refractivity contribution >= 4 is 5.97 Å². The van der Waals surface area contributed by atoms with Crippen LogP contribution in [0.3, 0.4) is 0 Å². The van der Waals surface area contributed by atoms with Crippen LogP contribution in [0, 0.1) is 0 Å². The molecule has 0 spiro atoms. The summed E-state index contributed by atoms with van der Waals surface area (Å²) in [6.07, 6.45) is 4.34. The average Bonchev–Trinajstić information content (AvgIpc) is 2.16. The lowest BCUT2D eigenvalue weighted by Gasteiger charge is -2.46. The summed E-state index contributed by atoms with van der Waals surface area (Å²) in [5.41, 5.74) is 0. The number of carboxylic acids is 1. The van der Waals surface area contributed by atoms with Gasteiger partial charge in [0.1, 0.15) is 0 Å². The predicted octanol–water partition coefficient (Wildman–Crippen LogP) is 0.631. The fourth-order valence-electron chi connectivity index (χ4n) is 2.49. The normalized spacial score (nSPS) is 25.1. The van der Waals surface area contributed by atoms with Crippen molar-refractivity contribution in [3.05, 3.63) is 0 Å². The molecule has 2 heterocycles. The van der Waals surface area contributed by atoms with Gasteiger partial charge >= 0.3 is 5.97 Å². The molecule has 0 aromatic rings. The van der Waals surface area contributed by atoms with Crippen LogP contribution in [0.5, 0.6) is 0 Å². The molecular weight excluding hydrogens is 192 g/mol. The van der Waals surface area contributed by atoms with E-state index in [1.165, 1.54) is 32.4 Å². The highest BCUT2D eigenvalue weighted by Crippen LogP contribution is 2.19. The minimum Gasteiger partial charge on any atom is -0.481 e. The standard InChI is InChI=1S/C11H20N2O2/c14-11(15)4-7-12-8-10(9-12)13-5-2-1-3-6-13/h10H,1-9H2,(H,14,15). The van der Waals surface area contributed by atoms with E-state index in [-0.39, 0.29) is 6.42 Å². The molecule has 0 unspecified atom stereocenters. The zero-order chi connectivity index (χ0) is 10.7. The molecule has 2 aliphatic rings. The van der Waals surface area contributed by atoms with Crippen LogP contribution in [0.25, 0.3) is 0 Å². The Balaban J connectivity index is 1.62. The number of piperidine rings is 1. The molecule has 0 radical (unpaired) electrons. The maximum Gasteiger partial charge on any atom is 0.304 e. The van der Waals surface area contributed by atoms with Crippen molar-refractivity contribution in [2.45, 2.75) is 31.7 Å². The van der Waals surface area contributed by atoms with Crippen LogP contribution in [0.4, 0.5) is 0 Å². The van der Waals surface area contributed by atoms with Crippen molar-refractivity contribution in [3.63, 3.8) is 0 Å². The van der Waals surface area contributed by atoms with Crippen molar-refractivity contribution < 1.29 is 9.90 Å². The number of carboxylic acid groups (broad SMARTS) is 1. The third kappa shape index (κ3) is 2.92. The minimum absolute atomic E-state index is 0.284. The Kier molecular flexibility index (Phi) is 3.59. The van der Waals surface area contributed by atoms with E-state index >= 15 is 0 Å². The molecule has 1 N–H and O–H groups in total. The van der Waals surface area contributed by atoms with Crippen molar-refractivity contribution in [2.24, 2.45) is 0 Å². The monoisotopic (exact) mass is 212 g/mol. The third-order valence-electron chi connectivity index (χ3n) is 3.49. The molecule has 0 aliphatic carbocycles. The molecule has 0 amide bonds. The molecule has 86 valence electrons. The molecule has 0 atom stereocenters. The van der Waals surface area contributed by atoms with Crippen molar-refractivity contribution in [1.82, 2.24) is 9.80 Å². The van der Waals surface area contributed by atoms with Gasteiger partial charge in [-0.25, -0.2) is 0 Å². The number of rotatable bonds is 4. The highest BCUT2D eigenvalue weighted by atomic mass is 16.4. The Morgan fingerprint density at radius 3 is 2.47 bits per heavy atom. The molecule has 0 aromatic heterocycles. The van der Waals surface area contributed by atoms with Gasteiger partial charge in [-0.1, -0.05) is 6.42 Å². The number of carbonyl (C=O) groups is 1. The van der Waals surface area contributed by atoms with E-state index < -0.39 is 5.97 Å². The Morgan fingerprint density at radius 2 is 1.87 bits per heavy atom. The van der Waals surface area contributed by atoms with Gasteiger partial charge in [-0.15, -0.1) is 0 Å². The van der Waals surface area contributed by atoms with E-state index in [9.17, 15) is 4.79 Å². The molecule has 2 rings (SSSR count). The molecule has 15 heavy (non-hydrogen) atoms. The average molecular weight is 212 g/mol. The molecule has 0 aromatic carbocycles. The molecule has 0 saturated carbocycles. The third-order valence-corrected chi connectivity index (χ3v) is 3.49. The first-order valence-electron chi connectivity index (χ1n) is 5.94. The van der Waals surface area contributed by atoms with Gasteiger partial charge in [0.15, 0.2) is 0 Å². The maximum absolute atomic E-state index is 10.4. The highest BCUT2D eigenvalue weighted by Gasteiger charge is 2.31. The first-order valence-corrected chi connectivity index (χ1v) is 5.94. The number of aliphatic carboxylic acids is 1. The lowest BCUT2D eigenvalue weighted by Crippen LogP contribution is -2.60. The molecule has 4 heteroatoms. The van der Waals surface area contributed by atoms with Crippen LogP contribution >= 0.6 is 0 Å². The smallest absolute Gasteiger partial charge is 0.304 e. The maximum atomic E-state index is 10.4. The van der Waals surface area contributed by atoms with Crippen molar-refractivity contribution in [1.29, 1.82) is 0 Å². The van der Waals surface area contributed by atoms with Gasteiger partial charge in [0.2, 0.25) is 0 Å². The van der Waals surface area contributed by atoms with Crippen LogP contribution in [0.1, 0.15) is 25.7 Å². The van der Waals surface area contributed by atoms with Crippen LogP contribution in [-0.4, -0.2) is 59.6 Å². The first kappa shape index (κ1) is 10.9. The highest BCUT2D eigenvalue weighted by molar-refractivity contribution is 5.66. The van der Waals surface area contributed by atoms with Crippen LogP contribution < -0.4 is 0 Å². The molecule has 4 nitrogen and oxygen atoms in total. The topological polar surface area (TPSA) is 43.8 Å². The van der Waals surface area contributed by atoms with Gasteiger partial charge in [0.25, 0.3) is 0 Å². The summed E-state index contributed by atoms with van der Waals surface area (Å²) < 4.78 is 0. The summed E-state index contributed by atoms with van der Waals surface area (Å²) in [4.78, 5) is 15.2. The van der Waals surface area contributed by atoms with Gasteiger partial charge in [0.05, 0.1) is 6.42 Å². The zero-order valence-corrected chi connectivity index (χ0v) is 9.19. The number of nitrogens with zero attached hydrogens (tertiary/aromatic N) is 2. The quantitative estimate of drug-likeness (QED) is 0.742. The number of likely N-dealkylation sites (tertiary alicyclic amines) is 2. The summed E-state index contributed by atoms with van der Waals surface area (Å²) in [6.45, 7) is 5.37. The fraction of sp³-hybridized carbons (Fsp3) is 0.909. The lowest BCUT2D eigenvalue weighted by molar-refractivity contribution is -0.137. The van der Waals surface area contributed by atoms with Gasteiger partial charge < -0.3 is 5.11 Å². The second kappa shape index (κ2) is 4.94. The predicted molar refractivity (Wildman–Crippen MR) is 57.9 cm³/mol.